The maximum absolute atomic E-state index is 11.4. The largest absolute Gasteiger partial charge is 0.480 e. The smallest absolute Gasteiger partial charge is 0.323 e. The van der Waals surface area contributed by atoms with E-state index in [4.69, 9.17) is 5.11 Å². The van der Waals surface area contributed by atoms with Gasteiger partial charge < -0.3 is 10.4 Å². The lowest BCUT2D eigenvalue weighted by atomic mass is 9.93. The minimum atomic E-state index is -1.13. The molecule has 7 nitrogen and oxygen atoms in total. The second-order valence-electron chi connectivity index (χ2n) is 3.86. The first-order chi connectivity index (χ1) is 8.41. The Bertz CT molecular complexity index is 313. The van der Waals surface area contributed by atoms with Crippen LogP contribution in [0.2, 0.25) is 0 Å². The Kier molecular flexibility index (Phi) is 6.96. The molecule has 0 fully saturated rings. The molecule has 0 atom stereocenters. The number of imide groups is 1. The predicted molar refractivity (Wildman–Crippen MR) is 66.2 cm³/mol. The maximum Gasteiger partial charge on any atom is 0.323 e. The van der Waals surface area contributed by atoms with Crippen LogP contribution in [0.5, 0.6) is 0 Å². The van der Waals surface area contributed by atoms with E-state index in [1.165, 1.54) is 0 Å². The van der Waals surface area contributed by atoms with E-state index in [1.807, 2.05) is 0 Å². The van der Waals surface area contributed by atoms with Gasteiger partial charge >= 0.3 is 12.0 Å². The molecule has 4 N–H and O–H groups in total. The van der Waals surface area contributed by atoms with Crippen molar-refractivity contribution in [3.8, 4) is 0 Å². The third-order valence-corrected chi connectivity index (χ3v) is 2.79. The maximum atomic E-state index is 11.4. The van der Waals surface area contributed by atoms with E-state index in [1.54, 1.807) is 20.8 Å². The highest BCUT2D eigenvalue weighted by atomic mass is 16.4. The van der Waals surface area contributed by atoms with Gasteiger partial charge in [-0.25, -0.2) is 4.79 Å². The molecular formula is C11H21N3O4. The van der Waals surface area contributed by atoms with Gasteiger partial charge in [0.05, 0.1) is 6.54 Å². The Balaban J connectivity index is 4.32. The first-order valence-corrected chi connectivity index (χ1v) is 5.98. The highest BCUT2D eigenvalue weighted by Gasteiger charge is 2.34. The third-order valence-electron chi connectivity index (χ3n) is 2.79. The van der Waals surface area contributed by atoms with Crippen LogP contribution in [0.3, 0.4) is 0 Å². The van der Waals surface area contributed by atoms with Crippen LogP contribution in [0.25, 0.3) is 0 Å². The Morgan fingerprint density at radius 2 is 1.67 bits per heavy atom. The fourth-order valence-electron chi connectivity index (χ4n) is 1.50. The van der Waals surface area contributed by atoms with E-state index in [0.29, 0.717) is 19.4 Å². The normalized spacial score (nSPS) is 10.8. The van der Waals surface area contributed by atoms with E-state index >= 15 is 0 Å². The molecule has 0 saturated carbocycles. The van der Waals surface area contributed by atoms with Crippen LogP contribution >= 0.6 is 0 Å². The molecule has 0 aliphatic carbocycles. The van der Waals surface area contributed by atoms with Gasteiger partial charge in [-0.2, -0.15) is 0 Å². The van der Waals surface area contributed by atoms with Gasteiger partial charge in [-0.1, -0.05) is 13.8 Å². The number of rotatable bonds is 7. The van der Waals surface area contributed by atoms with Crippen LogP contribution in [-0.4, -0.2) is 41.6 Å². The molecular weight excluding hydrogens is 238 g/mol. The lowest BCUT2D eigenvalue weighted by molar-refractivity contribution is -0.145. The quantitative estimate of drug-likeness (QED) is 0.517. The summed E-state index contributed by atoms with van der Waals surface area (Å²) in [6.07, 6.45) is 0.709. The summed E-state index contributed by atoms with van der Waals surface area (Å²) in [5.74, 6) is -1.56. The summed E-state index contributed by atoms with van der Waals surface area (Å²) in [5, 5.41) is 16.3. The molecule has 3 amide bonds. The number of aliphatic carboxylic acids is 1. The molecule has 0 aliphatic heterocycles. The molecule has 0 saturated heterocycles. The second kappa shape index (κ2) is 7.65. The van der Waals surface area contributed by atoms with Gasteiger partial charge in [-0.15, -0.1) is 0 Å². The zero-order valence-electron chi connectivity index (χ0n) is 11.0. The van der Waals surface area contributed by atoms with Gasteiger partial charge in [0.1, 0.15) is 5.54 Å². The molecule has 0 spiro atoms. The zero-order valence-corrected chi connectivity index (χ0v) is 11.0. The van der Waals surface area contributed by atoms with Crippen molar-refractivity contribution in [3.05, 3.63) is 0 Å². The number of urea groups is 1. The molecule has 0 aromatic rings. The van der Waals surface area contributed by atoms with Crippen molar-refractivity contribution in [1.82, 2.24) is 16.0 Å². The standard InChI is InChI=1S/C11H21N3O4/c1-4-11(5-2,9(16)17)13-7-8(15)14-10(18)12-6-3/h13H,4-7H2,1-3H3,(H,16,17)(H2,12,14,15,18). The van der Waals surface area contributed by atoms with E-state index in [-0.39, 0.29) is 6.54 Å². The van der Waals surface area contributed by atoms with E-state index in [9.17, 15) is 14.4 Å². The van der Waals surface area contributed by atoms with Gasteiger partial charge in [0.2, 0.25) is 5.91 Å². The summed E-state index contributed by atoms with van der Waals surface area (Å²) in [5.41, 5.74) is -1.13. The van der Waals surface area contributed by atoms with Crippen molar-refractivity contribution in [2.24, 2.45) is 0 Å². The van der Waals surface area contributed by atoms with Crippen LogP contribution in [0.15, 0.2) is 0 Å². The molecule has 0 heterocycles. The molecule has 0 aromatic heterocycles. The number of carboxylic acids is 1. The molecule has 18 heavy (non-hydrogen) atoms. The highest BCUT2D eigenvalue weighted by Crippen LogP contribution is 2.14. The van der Waals surface area contributed by atoms with Crippen molar-refractivity contribution in [3.63, 3.8) is 0 Å². The summed E-state index contributed by atoms with van der Waals surface area (Å²) in [7, 11) is 0. The Morgan fingerprint density at radius 1 is 1.11 bits per heavy atom. The molecule has 0 aromatic carbocycles. The van der Waals surface area contributed by atoms with Gasteiger partial charge in [0.15, 0.2) is 0 Å². The number of hydrogen-bond acceptors (Lipinski definition) is 4. The lowest BCUT2D eigenvalue weighted by Gasteiger charge is -2.27. The highest BCUT2D eigenvalue weighted by molar-refractivity contribution is 5.95. The van der Waals surface area contributed by atoms with Crippen molar-refractivity contribution < 1.29 is 19.5 Å². The van der Waals surface area contributed by atoms with Gasteiger partial charge in [-0.05, 0) is 19.8 Å². The number of carbonyl (C=O) groups is 3. The Hall–Kier alpha value is -1.63. The van der Waals surface area contributed by atoms with Crippen molar-refractivity contribution in [1.29, 1.82) is 0 Å². The fraction of sp³-hybridized carbons (Fsp3) is 0.727. The minimum absolute atomic E-state index is 0.217. The minimum Gasteiger partial charge on any atom is -0.480 e. The molecule has 0 unspecified atom stereocenters. The number of carbonyl (C=O) groups excluding carboxylic acids is 2. The summed E-state index contributed by atoms with van der Waals surface area (Å²) in [4.78, 5) is 33.6. The van der Waals surface area contributed by atoms with E-state index < -0.39 is 23.4 Å². The van der Waals surface area contributed by atoms with E-state index in [0.717, 1.165) is 0 Å². The van der Waals surface area contributed by atoms with Crippen LogP contribution in [0, 0.1) is 0 Å². The second-order valence-corrected chi connectivity index (χ2v) is 3.86. The van der Waals surface area contributed by atoms with Crippen molar-refractivity contribution in [2.75, 3.05) is 13.1 Å². The summed E-state index contributed by atoms with van der Waals surface area (Å²) in [6, 6.07) is -0.585. The van der Waals surface area contributed by atoms with Gasteiger partial charge in [0.25, 0.3) is 0 Å². The third kappa shape index (κ3) is 4.70. The molecule has 7 heteroatoms. The van der Waals surface area contributed by atoms with Crippen LogP contribution < -0.4 is 16.0 Å². The average Bonchev–Trinajstić information content (AvgIpc) is 2.30. The van der Waals surface area contributed by atoms with Crippen LogP contribution in [0.1, 0.15) is 33.6 Å². The van der Waals surface area contributed by atoms with Crippen LogP contribution in [0.4, 0.5) is 4.79 Å². The van der Waals surface area contributed by atoms with E-state index in [2.05, 4.69) is 16.0 Å². The van der Waals surface area contributed by atoms with Crippen molar-refractivity contribution in [2.45, 2.75) is 39.2 Å². The number of hydrogen-bond donors (Lipinski definition) is 4. The number of nitrogens with one attached hydrogen (secondary N) is 3. The molecule has 0 bridgehead atoms. The first-order valence-electron chi connectivity index (χ1n) is 5.98. The predicted octanol–water partition coefficient (Wildman–Crippen LogP) is 0.0651. The molecule has 104 valence electrons. The number of carboxylic acid groups (broad SMARTS) is 1. The monoisotopic (exact) mass is 259 g/mol. The Morgan fingerprint density at radius 3 is 2.06 bits per heavy atom. The fourth-order valence-corrected chi connectivity index (χ4v) is 1.50. The van der Waals surface area contributed by atoms with Gasteiger partial charge in [0, 0.05) is 6.54 Å². The number of amides is 3. The summed E-state index contributed by atoms with van der Waals surface area (Å²) >= 11 is 0. The molecule has 0 rings (SSSR count). The average molecular weight is 259 g/mol. The first kappa shape index (κ1) is 16.4. The van der Waals surface area contributed by atoms with Crippen LogP contribution in [-0.2, 0) is 9.59 Å². The SMILES string of the molecule is CCNC(=O)NC(=O)CNC(CC)(CC)C(=O)O. The van der Waals surface area contributed by atoms with Crippen molar-refractivity contribution >= 4 is 17.9 Å². The lowest BCUT2D eigenvalue weighted by Crippen LogP contribution is -2.55. The summed E-state index contributed by atoms with van der Waals surface area (Å²) < 4.78 is 0. The van der Waals surface area contributed by atoms with Gasteiger partial charge in [-0.3, -0.25) is 20.2 Å². The Labute approximate surface area is 106 Å². The zero-order chi connectivity index (χ0) is 14.2. The summed E-state index contributed by atoms with van der Waals surface area (Å²) in [6.45, 7) is 5.38. The topological polar surface area (TPSA) is 108 Å². The molecule has 0 radical (unpaired) electrons. The molecule has 0 aliphatic rings.